The number of rotatable bonds is 8. The van der Waals surface area contributed by atoms with Crippen molar-refractivity contribution in [2.24, 2.45) is 4.99 Å². The Morgan fingerprint density at radius 1 is 1.15 bits per heavy atom. The Balaban J connectivity index is 0.00000364. The molecule has 0 unspecified atom stereocenters. The van der Waals surface area contributed by atoms with Gasteiger partial charge >= 0.3 is 0 Å². The standard InChI is InChI=1S/C19H28N4O2S.HI/c1-13-14(2)26-18(23-13)12-22-19(20-3)21-10-6-7-15-8-9-16(24-4)17(11-15)25-5;/h8-9,11H,6-7,10,12H2,1-5H3,(H2,20,21,22);1H. The van der Waals surface area contributed by atoms with Crippen LogP contribution in [0.4, 0.5) is 0 Å². The number of aromatic nitrogens is 1. The van der Waals surface area contributed by atoms with Gasteiger partial charge in [-0.25, -0.2) is 4.98 Å². The van der Waals surface area contributed by atoms with Gasteiger partial charge < -0.3 is 20.1 Å². The van der Waals surface area contributed by atoms with E-state index in [-0.39, 0.29) is 24.0 Å². The molecule has 0 aliphatic carbocycles. The summed E-state index contributed by atoms with van der Waals surface area (Å²) in [6.07, 6.45) is 1.95. The summed E-state index contributed by atoms with van der Waals surface area (Å²) in [5.41, 5.74) is 2.32. The van der Waals surface area contributed by atoms with Crippen molar-refractivity contribution in [3.63, 3.8) is 0 Å². The molecule has 150 valence electrons. The molecule has 2 rings (SSSR count). The van der Waals surface area contributed by atoms with Crippen LogP contribution in [0.5, 0.6) is 11.5 Å². The molecule has 1 heterocycles. The SMILES string of the molecule is CN=C(NCCCc1ccc(OC)c(OC)c1)NCc1nc(C)c(C)s1.I. The number of nitrogens with zero attached hydrogens (tertiary/aromatic N) is 2. The minimum Gasteiger partial charge on any atom is -0.493 e. The van der Waals surface area contributed by atoms with E-state index in [0.29, 0.717) is 6.54 Å². The number of methoxy groups -OCH3 is 2. The normalized spacial score (nSPS) is 10.9. The van der Waals surface area contributed by atoms with Gasteiger partial charge in [0.05, 0.1) is 26.5 Å². The summed E-state index contributed by atoms with van der Waals surface area (Å²) < 4.78 is 10.6. The minimum absolute atomic E-state index is 0. The first-order valence-electron chi connectivity index (χ1n) is 8.65. The maximum atomic E-state index is 5.35. The molecular weight excluding hydrogens is 475 g/mol. The van der Waals surface area contributed by atoms with Gasteiger partial charge in [-0.05, 0) is 44.4 Å². The van der Waals surface area contributed by atoms with Gasteiger partial charge in [0.25, 0.3) is 0 Å². The third-order valence-corrected chi connectivity index (χ3v) is 5.16. The molecule has 0 aliphatic heterocycles. The highest BCUT2D eigenvalue weighted by molar-refractivity contribution is 14.0. The van der Waals surface area contributed by atoms with Crippen LogP contribution in [0.1, 0.15) is 27.6 Å². The molecule has 0 aliphatic rings. The first kappa shape index (κ1) is 23.5. The molecule has 6 nitrogen and oxygen atoms in total. The third-order valence-electron chi connectivity index (χ3n) is 4.09. The maximum Gasteiger partial charge on any atom is 0.191 e. The van der Waals surface area contributed by atoms with Gasteiger partial charge in [-0.2, -0.15) is 0 Å². The van der Waals surface area contributed by atoms with Crippen LogP contribution in [-0.2, 0) is 13.0 Å². The largest absolute Gasteiger partial charge is 0.493 e. The summed E-state index contributed by atoms with van der Waals surface area (Å²) in [5.74, 6) is 2.32. The van der Waals surface area contributed by atoms with E-state index in [1.54, 1.807) is 32.6 Å². The van der Waals surface area contributed by atoms with E-state index < -0.39 is 0 Å². The zero-order valence-electron chi connectivity index (χ0n) is 16.6. The molecule has 0 spiro atoms. The van der Waals surface area contributed by atoms with Crippen molar-refractivity contribution < 1.29 is 9.47 Å². The zero-order valence-corrected chi connectivity index (χ0v) is 19.7. The number of hydrogen-bond donors (Lipinski definition) is 2. The molecule has 8 heteroatoms. The summed E-state index contributed by atoms with van der Waals surface area (Å²) >= 11 is 1.72. The number of thiazole rings is 1. The van der Waals surface area contributed by atoms with E-state index in [9.17, 15) is 0 Å². The van der Waals surface area contributed by atoms with E-state index in [1.165, 1.54) is 10.4 Å². The lowest BCUT2D eigenvalue weighted by Crippen LogP contribution is -2.37. The Kier molecular flexibility index (Phi) is 10.5. The number of aliphatic imine (C=N–C) groups is 1. The van der Waals surface area contributed by atoms with Crippen LogP contribution < -0.4 is 20.1 Å². The summed E-state index contributed by atoms with van der Waals surface area (Å²) in [6.45, 7) is 5.66. The van der Waals surface area contributed by atoms with Crippen molar-refractivity contribution in [2.45, 2.75) is 33.2 Å². The van der Waals surface area contributed by atoms with E-state index in [2.05, 4.69) is 33.6 Å². The monoisotopic (exact) mass is 504 g/mol. The maximum absolute atomic E-state index is 5.35. The van der Waals surface area contributed by atoms with Gasteiger partial charge in [-0.3, -0.25) is 4.99 Å². The number of hydrogen-bond acceptors (Lipinski definition) is 5. The summed E-state index contributed by atoms with van der Waals surface area (Å²) in [7, 11) is 5.08. The van der Waals surface area contributed by atoms with Crippen molar-refractivity contribution >= 4 is 41.3 Å². The molecule has 0 bridgehead atoms. The van der Waals surface area contributed by atoms with Crippen LogP contribution in [0.3, 0.4) is 0 Å². The number of ether oxygens (including phenoxy) is 2. The fraction of sp³-hybridized carbons (Fsp3) is 0.474. The molecule has 1 aromatic carbocycles. The smallest absolute Gasteiger partial charge is 0.191 e. The molecule has 0 atom stereocenters. The summed E-state index contributed by atoms with van der Waals surface area (Å²) in [5, 5.41) is 7.73. The Morgan fingerprint density at radius 3 is 2.48 bits per heavy atom. The molecule has 0 saturated carbocycles. The zero-order chi connectivity index (χ0) is 18.9. The van der Waals surface area contributed by atoms with Crippen LogP contribution in [-0.4, -0.2) is 38.8 Å². The summed E-state index contributed by atoms with van der Waals surface area (Å²) in [6, 6.07) is 6.04. The van der Waals surface area contributed by atoms with Gasteiger partial charge in [-0.1, -0.05) is 6.07 Å². The fourth-order valence-electron chi connectivity index (χ4n) is 2.53. The van der Waals surface area contributed by atoms with Crippen molar-refractivity contribution in [3.8, 4) is 11.5 Å². The van der Waals surface area contributed by atoms with Crippen molar-refractivity contribution in [2.75, 3.05) is 27.8 Å². The van der Waals surface area contributed by atoms with Gasteiger partial charge in [0.1, 0.15) is 5.01 Å². The lowest BCUT2D eigenvalue weighted by Gasteiger charge is -2.12. The molecule has 0 fully saturated rings. The lowest BCUT2D eigenvalue weighted by molar-refractivity contribution is 0.354. The highest BCUT2D eigenvalue weighted by Gasteiger charge is 2.06. The number of aryl methyl sites for hydroxylation is 3. The van der Waals surface area contributed by atoms with Gasteiger partial charge in [0.15, 0.2) is 17.5 Å². The van der Waals surface area contributed by atoms with Crippen molar-refractivity contribution in [3.05, 3.63) is 39.3 Å². The second-order valence-electron chi connectivity index (χ2n) is 5.89. The van der Waals surface area contributed by atoms with Crippen LogP contribution in [0.25, 0.3) is 0 Å². The van der Waals surface area contributed by atoms with E-state index in [0.717, 1.165) is 47.5 Å². The Labute approximate surface area is 182 Å². The second-order valence-corrected chi connectivity index (χ2v) is 7.18. The number of halogens is 1. The predicted octanol–water partition coefficient (Wildman–Crippen LogP) is 3.69. The van der Waals surface area contributed by atoms with Crippen LogP contribution >= 0.6 is 35.3 Å². The average molecular weight is 504 g/mol. The van der Waals surface area contributed by atoms with Crippen LogP contribution in [0.2, 0.25) is 0 Å². The third kappa shape index (κ3) is 7.17. The highest BCUT2D eigenvalue weighted by atomic mass is 127. The first-order chi connectivity index (χ1) is 12.6. The van der Waals surface area contributed by atoms with E-state index >= 15 is 0 Å². The van der Waals surface area contributed by atoms with E-state index in [4.69, 9.17) is 9.47 Å². The van der Waals surface area contributed by atoms with Crippen molar-refractivity contribution in [1.29, 1.82) is 0 Å². The van der Waals surface area contributed by atoms with Gasteiger partial charge in [0.2, 0.25) is 0 Å². The fourth-order valence-corrected chi connectivity index (χ4v) is 3.40. The molecular formula is C19H29IN4O2S. The Morgan fingerprint density at radius 2 is 1.89 bits per heavy atom. The summed E-state index contributed by atoms with van der Waals surface area (Å²) in [4.78, 5) is 10.1. The number of guanidine groups is 1. The topological polar surface area (TPSA) is 67.8 Å². The van der Waals surface area contributed by atoms with Gasteiger partial charge in [0, 0.05) is 18.5 Å². The minimum atomic E-state index is 0. The molecule has 2 aromatic rings. The quantitative estimate of drug-likeness (QED) is 0.249. The number of nitrogens with one attached hydrogen (secondary N) is 2. The Bertz CT molecular complexity index is 730. The lowest BCUT2D eigenvalue weighted by atomic mass is 10.1. The second kappa shape index (κ2) is 12.0. The predicted molar refractivity (Wildman–Crippen MR) is 123 cm³/mol. The van der Waals surface area contributed by atoms with E-state index in [1.807, 2.05) is 19.1 Å². The number of benzene rings is 1. The molecule has 2 N–H and O–H groups in total. The molecule has 0 amide bonds. The van der Waals surface area contributed by atoms with Gasteiger partial charge in [-0.15, -0.1) is 35.3 Å². The van der Waals surface area contributed by atoms with Crippen LogP contribution in [0.15, 0.2) is 23.2 Å². The molecule has 27 heavy (non-hydrogen) atoms. The average Bonchev–Trinajstić information content (AvgIpc) is 2.98. The van der Waals surface area contributed by atoms with Crippen molar-refractivity contribution in [1.82, 2.24) is 15.6 Å². The highest BCUT2D eigenvalue weighted by Crippen LogP contribution is 2.27. The van der Waals surface area contributed by atoms with Crippen LogP contribution in [0, 0.1) is 13.8 Å². The Hall–Kier alpha value is -1.55. The first-order valence-corrected chi connectivity index (χ1v) is 9.47. The molecule has 0 radical (unpaired) electrons. The molecule has 0 saturated heterocycles. The molecule has 1 aromatic heterocycles.